The number of nitrogens with two attached hydrogens (primary N) is 1. The van der Waals surface area contributed by atoms with Crippen LogP contribution in [0.3, 0.4) is 0 Å². The second-order valence-corrected chi connectivity index (χ2v) is 5.95. The predicted octanol–water partition coefficient (Wildman–Crippen LogP) is 0.925. The Morgan fingerprint density at radius 3 is 2.33 bits per heavy atom. The largest absolute Gasteiger partial charge is 0.480 e. The lowest BCUT2D eigenvalue weighted by molar-refractivity contribution is -0.139. The molecular formula is C14H25N3O4. The molecule has 0 aliphatic heterocycles. The molecule has 1 atom stereocenters. The maximum absolute atomic E-state index is 12.2. The summed E-state index contributed by atoms with van der Waals surface area (Å²) in [5.74, 6) is -1.25. The smallest absolute Gasteiger partial charge is 0.326 e. The molecule has 1 saturated carbocycles. The molecule has 3 amide bonds. The Morgan fingerprint density at radius 2 is 1.90 bits per heavy atom. The number of hydrogen-bond donors (Lipinski definition) is 3. The first-order valence-corrected chi connectivity index (χ1v) is 7.39. The van der Waals surface area contributed by atoms with Crippen molar-refractivity contribution < 1.29 is 19.5 Å². The fraction of sp³-hybridized carbons (Fsp3) is 0.786. The molecule has 7 heteroatoms. The number of carboxylic acids is 1. The number of carbonyl (C=O) groups is 3. The van der Waals surface area contributed by atoms with Crippen molar-refractivity contribution in [2.24, 2.45) is 11.7 Å². The van der Waals surface area contributed by atoms with E-state index in [2.05, 4.69) is 19.2 Å². The number of urea groups is 1. The number of primary amides is 1. The van der Waals surface area contributed by atoms with Crippen LogP contribution in [0.1, 0.15) is 46.0 Å². The van der Waals surface area contributed by atoms with E-state index in [4.69, 9.17) is 10.8 Å². The predicted molar refractivity (Wildman–Crippen MR) is 77.6 cm³/mol. The molecule has 0 aromatic heterocycles. The maximum Gasteiger partial charge on any atom is 0.326 e. The van der Waals surface area contributed by atoms with Gasteiger partial charge in [0.15, 0.2) is 0 Å². The molecule has 0 radical (unpaired) electrons. The van der Waals surface area contributed by atoms with E-state index in [0.29, 0.717) is 12.5 Å². The van der Waals surface area contributed by atoms with E-state index < -0.39 is 17.9 Å². The fourth-order valence-electron chi connectivity index (χ4n) is 2.01. The first kappa shape index (κ1) is 17.3. The average Bonchev–Trinajstić information content (AvgIpc) is 3.18. The van der Waals surface area contributed by atoms with Crippen LogP contribution in [0.4, 0.5) is 4.79 Å². The third-order valence-electron chi connectivity index (χ3n) is 3.47. The molecule has 1 aliphatic rings. The third kappa shape index (κ3) is 6.46. The summed E-state index contributed by atoms with van der Waals surface area (Å²) in [7, 11) is 0. The van der Waals surface area contributed by atoms with Gasteiger partial charge in [0.1, 0.15) is 6.04 Å². The van der Waals surface area contributed by atoms with Crippen LogP contribution in [0.2, 0.25) is 0 Å². The van der Waals surface area contributed by atoms with Crippen molar-refractivity contribution in [1.29, 1.82) is 0 Å². The Hall–Kier alpha value is -1.79. The van der Waals surface area contributed by atoms with Gasteiger partial charge in [-0.25, -0.2) is 9.59 Å². The normalized spacial score (nSPS) is 15.6. The van der Waals surface area contributed by atoms with E-state index in [1.807, 2.05) is 0 Å². The van der Waals surface area contributed by atoms with Crippen molar-refractivity contribution in [3.8, 4) is 0 Å². The molecule has 1 fully saturated rings. The van der Waals surface area contributed by atoms with E-state index in [9.17, 15) is 14.4 Å². The standard InChI is InChI=1S/C14H25N3O4/c1-9(2)7-8-17(10-3-4-10)14(21)16-11(13(19)20)5-6-12(15)18/h9-11H,3-8H2,1-2H3,(H2,15,18)(H,16,21)(H,19,20)/t11-/m0/s1. The molecule has 4 N–H and O–H groups in total. The molecule has 0 aromatic carbocycles. The van der Waals surface area contributed by atoms with Crippen LogP contribution in [0, 0.1) is 5.92 Å². The second kappa shape index (κ2) is 7.85. The highest BCUT2D eigenvalue weighted by Crippen LogP contribution is 2.27. The summed E-state index contributed by atoms with van der Waals surface area (Å²) in [6.45, 7) is 4.78. The minimum atomic E-state index is -1.15. The van der Waals surface area contributed by atoms with E-state index >= 15 is 0 Å². The number of nitrogens with zero attached hydrogens (tertiary/aromatic N) is 1. The second-order valence-electron chi connectivity index (χ2n) is 5.95. The van der Waals surface area contributed by atoms with E-state index in [0.717, 1.165) is 19.3 Å². The molecule has 21 heavy (non-hydrogen) atoms. The van der Waals surface area contributed by atoms with Gasteiger partial charge in [0.25, 0.3) is 0 Å². The first-order valence-electron chi connectivity index (χ1n) is 7.39. The molecular weight excluding hydrogens is 274 g/mol. The molecule has 0 bridgehead atoms. The van der Waals surface area contributed by atoms with Crippen LogP contribution in [-0.4, -0.2) is 46.5 Å². The first-order chi connectivity index (χ1) is 9.81. The van der Waals surface area contributed by atoms with Crippen molar-refractivity contribution in [3.05, 3.63) is 0 Å². The lowest BCUT2D eigenvalue weighted by Gasteiger charge is -2.25. The van der Waals surface area contributed by atoms with Gasteiger partial charge in [0, 0.05) is 19.0 Å². The highest BCUT2D eigenvalue weighted by Gasteiger charge is 2.34. The number of carbonyl (C=O) groups excluding carboxylic acids is 2. The zero-order chi connectivity index (χ0) is 16.0. The van der Waals surface area contributed by atoms with Gasteiger partial charge in [0.2, 0.25) is 5.91 Å². The van der Waals surface area contributed by atoms with Gasteiger partial charge in [-0.2, -0.15) is 0 Å². The van der Waals surface area contributed by atoms with E-state index in [-0.39, 0.29) is 24.9 Å². The Bertz CT molecular complexity index is 394. The summed E-state index contributed by atoms with van der Waals surface area (Å²) >= 11 is 0. The fourth-order valence-corrected chi connectivity index (χ4v) is 2.01. The minimum absolute atomic E-state index is 0.0130. The Kier molecular flexibility index (Phi) is 6.45. The zero-order valence-corrected chi connectivity index (χ0v) is 12.7. The summed E-state index contributed by atoms with van der Waals surface area (Å²) in [4.78, 5) is 35.8. The van der Waals surface area contributed by atoms with Crippen molar-refractivity contribution in [2.75, 3.05) is 6.54 Å². The highest BCUT2D eigenvalue weighted by atomic mass is 16.4. The number of amides is 3. The number of rotatable bonds is 9. The molecule has 0 spiro atoms. The maximum atomic E-state index is 12.2. The lowest BCUT2D eigenvalue weighted by atomic mass is 10.1. The zero-order valence-electron chi connectivity index (χ0n) is 12.7. The molecule has 0 saturated heterocycles. The summed E-state index contributed by atoms with van der Waals surface area (Å²) in [5, 5.41) is 11.6. The third-order valence-corrected chi connectivity index (χ3v) is 3.47. The summed E-state index contributed by atoms with van der Waals surface area (Å²) in [6.07, 6.45) is 2.75. The minimum Gasteiger partial charge on any atom is -0.480 e. The topological polar surface area (TPSA) is 113 Å². The number of carboxylic acid groups (broad SMARTS) is 1. The van der Waals surface area contributed by atoms with Crippen LogP contribution < -0.4 is 11.1 Å². The van der Waals surface area contributed by atoms with Crippen LogP contribution in [0.15, 0.2) is 0 Å². The van der Waals surface area contributed by atoms with Gasteiger partial charge in [-0.15, -0.1) is 0 Å². The van der Waals surface area contributed by atoms with Gasteiger partial charge in [-0.05, 0) is 31.6 Å². The van der Waals surface area contributed by atoms with Crippen molar-refractivity contribution >= 4 is 17.9 Å². The Balaban J connectivity index is 2.56. The van der Waals surface area contributed by atoms with E-state index in [1.54, 1.807) is 4.90 Å². The van der Waals surface area contributed by atoms with Gasteiger partial charge < -0.3 is 21.1 Å². The quantitative estimate of drug-likeness (QED) is 0.587. The van der Waals surface area contributed by atoms with Crippen LogP contribution >= 0.6 is 0 Å². The molecule has 1 rings (SSSR count). The van der Waals surface area contributed by atoms with Crippen molar-refractivity contribution in [1.82, 2.24) is 10.2 Å². The monoisotopic (exact) mass is 299 g/mol. The lowest BCUT2D eigenvalue weighted by Crippen LogP contribution is -2.49. The van der Waals surface area contributed by atoms with E-state index in [1.165, 1.54) is 0 Å². The van der Waals surface area contributed by atoms with Crippen molar-refractivity contribution in [3.63, 3.8) is 0 Å². The molecule has 0 aromatic rings. The SMILES string of the molecule is CC(C)CCN(C(=O)N[C@@H](CCC(N)=O)C(=O)O)C1CC1. The summed E-state index contributed by atoms with van der Waals surface area (Å²) in [5.41, 5.74) is 5.02. The molecule has 1 aliphatic carbocycles. The summed E-state index contributed by atoms with van der Waals surface area (Å²) < 4.78 is 0. The molecule has 120 valence electrons. The molecule has 0 unspecified atom stereocenters. The number of aliphatic carboxylic acids is 1. The van der Waals surface area contributed by atoms with Gasteiger partial charge in [-0.3, -0.25) is 4.79 Å². The molecule has 7 nitrogen and oxygen atoms in total. The Labute approximate surface area is 124 Å². The van der Waals surface area contributed by atoms with Crippen LogP contribution in [-0.2, 0) is 9.59 Å². The Morgan fingerprint density at radius 1 is 1.29 bits per heavy atom. The average molecular weight is 299 g/mol. The number of nitrogens with one attached hydrogen (secondary N) is 1. The van der Waals surface area contributed by atoms with Crippen LogP contribution in [0.5, 0.6) is 0 Å². The van der Waals surface area contributed by atoms with Gasteiger partial charge >= 0.3 is 12.0 Å². The molecule has 0 heterocycles. The number of hydrogen-bond acceptors (Lipinski definition) is 3. The van der Waals surface area contributed by atoms with Gasteiger partial charge in [-0.1, -0.05) is 13.8 Å². The van der Waals surface area contributed by atoms with Gasteiger partial charge in [0.05, 0.1) is 0 Å². The van der Waals surface area contributed by atoms with Crippen LogP contribution in [0.25, 0.3) is 0 Å². The van der Waals surface area contributed by atoms with Crippen molar-refractivity contribution in [2.45, 2.75) is 58.0 Å². The highest BCUT2D eigenvalue weighted by molar-refractivity contribution is 5.83. The summed E-state index contributed by atoms with van der Waals surface area (Å²) in [6, 6.07) is -1.23.